The lowest BCUT2D eigenvalue weighted by atomic mass is 10.2. The molecule has 1 aliphatic heterocycles. The molecule has 0 aromatic heterocycles. The molecule has 2 N–H and O–H groups in total. The molecule has 12 nitrogen and oxygen atoms in total. The van der Waals surface area contributed by atoms with E-state index in [4.69, 9.17) is 37.9 Å². The molecule has 0 atom stereocenters. The maximum atomic E-state index is 5.92. The van der Waals surface area contributed by atoms with E-state index in [0.29, 0.717) is 98.6 Å². The van der Waals surface area contributed by atoms with Crippen molar-refractivity contribution in [2.24, 2.45) is 9.98 Å². The van der Waals surface area contributed by atoms with Gasteiger partial charge in [0.25, 0.3) is 0 Å². The number of methoxy groups -OCH3 is 4. The molecule has 0 aliphatic carbocycles. The van der Waals surface area contributed by atoms with E-state index >= 15 is 0 Å². The van der Waals surface area contributed by atoms with Crippen molar-refractivity contribution in [3.8, 4) is 23.0 Å². The van der Waals surface area contributed by atoms with Gasteiger partial charge in [-0.05, 0) is 12.2 Å². The molecule has 0 saturated carbocycles. The first kappa shape index (κ1) is 32.4. The lowest BCUT2D eigenvalue weighted by molar-refractivity contribution is 0.132. The summed E-state index contributed by atoms with van der Waals surface area (Å²) in [6.45, 7) is 3.22. The average Bonchev–Trinajstić information content (AvgIpc) is 2.99. The van der Waals surface area contributed by atoms with Crippen LogP contribution in [0.1, 0.15) is 0 Å². The molecular formula is C30H40N4O8. The van der Waals surface area contributed by atoms with Gasteiger partial charge in [0.2, 0.25) is 0 Å². The summed E-state index contributed by atoms with van der Waals surface area (Å²) >= 11 is 0. The molecule has 42 heavy (non-hydrogen) atoms. The molecule has 0 amide bonds. The molecule has 0 radical (unpaired) electrons. The predicted octanol–water partition coefficient (Wildman–Crippen LogP) is 4.76. The summed E-state index contributed by atoms with van der Waals surface area (Å²) in [7, 11) is 6.49. The number of hydrogen-bond donors (Lipinski definition) is 2. The number of aliphatic imine (C=N–C) groups is 2. The predicted molar refractivity (Wildman–Crippen MR) is 164 cm³/mol. The molecule has 12 heteroatoms. The van der Waals surface area contributed by atoms with Crippen molar-refractivity contribution in [1.82, 2.24) is 0 Å². The summed E-state index contributed by atoms with van der Waals surface area (Å²) in [6, 6.07) is 7.30. The van der Waals surface area contributed by atoms with E-state index in [-0.39, 0.29) is 0 Å². The second kappa shape index (κ2) is 19.1. The van der Waals surface area contributed by atoms with Gasteiger partial charge in [-0.2, -0.15) is 0 Å². The number of nitrogens with zero attached hydrogens (tertiary/aromatic N) is 2. The summed E-state index contributed by atoms with van der Waals surface area (Å²) < 4.78 is 44.1. The number of rotatable bonds is 16. The highest BCUT2D eigenvalue weighted by Gasteiger charge is 2.14. The number of benzene rings is 2. The normalized spacial score (nSPS) is 14.0. The Kier molecular flexibility index (Phi) is 14.7. The third-order valence-electron chi connectivity index (χ3n) is 5.57. The Balaban J connectivity index is 1.91. The van der Waals surface area contributed by atoms with Crippen molar-refractivity contribution in [3.05, 3.63) is 48.8 Å². The van der Waals surface area contributed by atoms with Crippen molar-refractivity contribution < 1.29 is 37.9 Å². The van der Waals surface area contributed by atoms with E-state index in [2.05, 4.69) is 20.6 Å². The number of anilines is 2. The van der Waals surface area contributed by atoms with E-state index in [0.717, 1.165) is 0 Å². The highest BCUT2D eigenvalue weighted by Crippen LogP contribution is 2.40. The first-order valence-corrected chi connectivity index (χ1v) is 13.4. The topological polar surface area (TPSA) is 123 Å². The highest BCUT2D eigenvalue weighted by atomic mass is 16.6. The van der Waals surface area contributed by atoms with Crippen LogP contribution in [-0.4, -0.2) is 93.7 Å². The molecule has 3 rings (SSSR count). The Morgan fingerprint density at radius 3 is 1.14 bits per heavy atom. The molecule has 0 spiro atoms. The minimum absolute atomic E-state index is 0.364. The maximum Gasteiger partial charge on any atom is 0.163 e. The Bertz CT molecular complexity index is 1120. The van der Waals surface area contributed by atoms with Crippen molar-refractivity contribution in [2.45, 2.75) is 0 Å². The Labute approximate surface area is 246 Å². The molecule has 0 bridgehead atoms. The van der Waals surface area contributed by atoms with Gasteiger partial charge in [-0.15, -0.1) is 0 Å². The highest BCUT2D eigenvalue weighted by molar-refractivity contribution is 5.84. The zero-order valence-corrected chi connectivity index (χ0v) is 24.6. The van der Waals surface area contributed by atoms with Gasteiger partial charge in [0.1, 0.15) is 26.4 Å². The number of allylic oxidation sites excluding steroid dienone is 2. The molecule has 0 unspecified atom stereocenters. The monoisotopic (exact) mass is 584 g/mol. The Morgan fingerprint density at radius 2 is 0.810 bits per heavy atom. The minimum Gasteiger partial charge on any atom is -0.487 e. The van der Waals surface area contributed by atoms with E-state index in [1.54, 1.807) is 65.4 Å². The SMILES string of the molecule is COCCOc1cc2c(cc1OCCOC)N/C=C\C=Nc1cc(OCCOC)c(OCCOC)cc1N/C=C\C=N2. The molecule has 1 heterocycles. The number of fused-ring (bicyclic) bond motifs is 2. The largest absolute Gasteiger partial charge is 0.487 e. The molecule has 2 aromatic carbocycles. The Hall–Kier alpha value is -4.10. The van der Waals surface area contributed by atoms with Crippen LogP contribution in [-0.2, 0) is 18.9 Å². The van der Waals surface area contributed by atoms with Crippen LogP contribution < -0.4 is 29.6 Å². The lowest BCUT2D eigenvalue weighted by Gasteiger charge is -2.16. The van der Waals surface area contributed by atoms with E-state index < -0.39 is 0 Å². The summed E-state index contributed by atoms with van der Waals surface area (Å²) in [5.74, 6) is 2.22. The second-order valence-corrected chi connectivity index (χ2v) is 8.56. The Morgan fingerprint density at radius 1 is 0.476 bits per heavy atom. The van der Waals surface area contributed by atoms with Gasteiger partial charge in [-0.3, -0.25) is 9.98 Å². The third-order valence-corrected chi connectivity index (χ3v) is 5.57. The van der Waals surface area contributed by atoms with Crippen LogP contribution in [0.2, 0.25) is 0 Å². The first-order chi connectivity index (χ1) is 20.7. The zero-order chi connectivity index (χ0) is 29.8. The van der Waals surface area contributed by atoms with E-state index in [1.807, 2.05) is 24.3 Å². The van der Waals surface area contributed by atoms with Crippen molar-refractivity contribution in [2.75, 3.05) is 91.9 Å². The fraction of sp³-hybridized carbons (Fsp3) is 0.400. The second-order valence-electron chi connectivity index (χ2n) is 8.56. The number of ether oxygens (including phenoxy) is 8. The fourth-order valence-corrected chi connectivity index (χ4v) is 3.54. The van der Waals surface area contributed by atoms with Crippen LogP contribution in [0.25, 0.3) is 0 Å². The van der Waals surface area contributed by atoms with Gasteiger partial charge in [0, 0.05) is 77.5 Å². The van der Waals surface area contributed by atoms with Crippen molar-refractivity contribution in [3.63, 3.8) is 0 Å². The van der Waals surface area contributed by atoms with Gasteiger partial charge in [0.15, 0.2) is 23.0 Å². The maximum absolute atomic E-state index is 5.92. The third kappa shape index (κ3) is 10.7. The van der Waals surface area contributed by atoms with Gasteiger partial charge < -0.3 is 48.5 Å². The lowest BCUT2D eigenvalue weighted by Crippen LogP contribution is -2.09. The van der Waals surface area contributed by atoms with Crippen LogP contribution in [0.15, 0.2) is 58.8 Å². The smallest absolute Gasteiger partial charge is 0.163 e. The number of hydrogen-bond acceptors (Lipinski definition) is 12. The molecule has 1 aliphatic rings. The molecule has 228 valence electrons. The van der Waals surface area contributed by atoms with E-state index in [9.17, 15) is 0 Å². The van der Waals surface area contributed by atoms with Gasteiger partial charge in [-0.1, -0.05) is 0 Å². The van der Waals surface area contributed by atoms with Gasteiger partial charge >= 0.3 is 0 Å². The van der Waals surface area contributed by atoms with Crippen LogP contribution in [0.3, 0.4) is 0 Å². The minimum atomic E-state index is 0.364. The average molecular weight is 585 g/mol. The fourth-order valence-electron chi connectivity index (χ4n) is 3.54. The molecular weight excluding hydrogens is 544 g/mol. The van der Waals surface area contributed by atoms with Crippen LogP contribution >= 0.6 is 0 Å². The number of nitrogens with one attached hydrogen (secondary N) is 2. The standard InChI is InChI=1S/C30H40N4O8/c1-35-11-15-39-27-19-23-24(20-28(27)40-16-12-36-2)32-8-6-10-34-26-22-30(42-18-14-38-4)29(41-17-13-37-3)21-25(26)33-9-5-7-31-23/h5-10,19-22,31,34H,11-18H2,1-4H3/b7-5-,10-6-,32-8?,33-9?. The van der Waals surface area contributed by atoms with Crippen LogP contribution in [0.4, 0.5) is 22.7 Å². The zero-order valence-electron chi connectivity index (χ0n) is 24.6. The van der Waals surface area contributed by atoms with Gasteiger partial charge in [-0.25, -0.2) is 0 Å². The molecule has 0 fully saturated rings. The van der Waals surface area contributed by atoms with Crippen LogP contribution in [0, 0.1) is 0 Å². The van der Waals surface area contributed by atoms with E-state index in [1.165, 1.54) is 0 Å². The van der Waals surface area contributed by atoms with Crippen molar-refractivity contribution in [1.29, 1.82) is 0 Å². The summed E-state index contributed by atoms with van der Waals surface area (Å²) in [4.78, 5) is 9.27. The summed E-state index contributed by atoms with van der Waals surface area (Å²) in [6.07, 6.45) is 10.4. The first-order valence-electron chi connectivity index (χ1n) is 13.4. The van der Waals surface area contributed by atoms with Crippen molar-refractivity contribution >= 4 is 35.2 Å². The summed E-state index contributed by atoms with van der Waals surface area (Å²) in [5, 5.41) is 6.53. The van der Waals surface area contributed by atoms with Gasteiger partial charge in [0.05, 0.1) is 49.2 Å². The van der Waals surface area contributed by atoms with Crippen LogP contribution in [0.5, 0.6) is 23.0 Å². The molecule has 2 aromatic rings. The quantitative estimate of drug-likeness (QED) is 0.267. The summed E-state index contributed by atoms with van der Waals surface area (Å²) in [5.41, 5.74) is 2.73. The molecule has 0 saturated heterocycles.